The van der Waals surface area contributed by atoms with Gasteiger partial charge < -0.3 is 5.32 Å². The molecule has 1 heterocycles. The monoisotopic (exact) mass is 383 g/mol. The Labute approximate surface area is 156 Å². The van der Waals surface area contributed by atoms with Gasteiger partial charge in [-0.3, -0.25) is 4.79 Å². The number of hydrogen-bond donors (Lipinski definition) is 1. The first-order valence-corrected chi connectivity index (χ1v) is 11.2. The molecule has 2 rings (SSSR count). The third-order valence-corrected chi connectivity index (χ3v) is 7.10. The maximum Gasteiger partial charge on any atom is 0.220 e. The molecule has 26 heavy (non-hydrogen) atoms. The molecule has 0 aromatic heterocycles. The van der Waals surface area contributed by atoms with Crippen molar-refractivity contribution in [3.63, 3.8) is 0 Å². The lowest BCUT2D eigenvalue weighted by molar-refractivity contribution is -0.121. The van der Waals surface area contributed by atoms with Gasteiger partial charge >= 0.3 is 0 Å². The van der Waals surface area contributed by atoms with Crippen LogP contribution in [0.1, 0.15) is 56.6 Å². The minimum atomic E-state index is -2.83. The fourth-order valence-electron chi connectivity index (χ4n) is 3.63. The van der Waals surface area contributed by atoms with E-state index in [1.165, 1.54) is 6.07 Å². The molecule has 0 spiro atoms. The van der Waals surface area contributed by atoms with Crippen LogP contribution in [0, 0.1) is 24.6 Å². The quantitative estimate of drug-likeness (QED) is 0.698. The van der Waals surface area contributed by atoms with Crippen LogP contribution < -0.4 is 5.32 Å². The van der Waals surface area contributed by atoms with Crippen LogP contribution in [-0.2, 0) is 14.6 Å². The summed E-state index contributed by atoms with van der Waals surface area (Å²) in [6.45, 7) is 6.44. The lowest BCUT2D eigenvalue weighted by Crippen LogP contribution is -2.27. The Hall–Kier alpha value is -1.43. The summed E-state index contributed by atoms with van der Waals surface area (Å²) < 4.78 is 36.4. The summed E-state index contributed by atoms with van der Waals surface area (Å²) in [5.74, 6) is 0.919. The van der Waals surface area contributed by atoms with Gasteiger partial charge in [0.25, 0.3) is 0 Å². The number of sulfone groups is 1. The Balaban J connectivity index is 1.79. The number of hydrogen-bond acceptors (Lipinski definition) is 3. The van der Waals surface area contributed by atoms with Crippen LogP contribution in [-0.4, -0.2) is 32.4 Å². The zero-order valence-electron chi connectivity index (χ0n) is 15.9. The van der Waals surface area contributed by atoms with Crippen LogP contribution in [0.15, 0.2) is 18.2 Å². The predicted octanol–water partition coefficient (Wildman–Crippen LogP) is 3.59. The molecule has 2 atom stereocenters. The Morgan fingerprint density at radius 1 is 1.35 bits per heavy atom. The highest BCUT2D eigenvalue weighted by atomic mass is 32.2. The van der Waals surface area contributed by atoms with Crippen LogP contribution in [0.2, 0.25) is 0 Å². The molecule has 1 aliphatic heterocycles. The van der Waals surface area contributed by atoms with Crippen molar-refractivity contribution in [2.45, 2.75) is 52.4 Å². The van der Waals surface area contributed by atoms with Gasteiger partial charge in [-0.1, -0.05) is 26.0 Å². The largest absolute Gasteiger partial charge is 0.356 e. The molecule has 0 saturated carbocycles. The SMILES string of the molecule is Cc1cc(C(CC(=O)NCCCC2CCS(=O)(=O)C2)C(C)C)ccc1F. The van der Waals surface area contributed by atoms with Gasteiger partial charge in [-0.25, -0.2) is 12.8 Å². The molecule has 1 fully saturated rings. The highest BCUT2D eigenvalue weighted by Gasteiger charge is 2.27. The molecule has 1 aromatic rings. The third kappa shape index (κ3) is 6.08. The highest BCUT2D eigenvalue weighted by molar-refractivity contribution is 7.91. The van der Waals surface area contributed by atoms with Crippen molar-refractivity contribution in [2.24, 2.45) is 11.8 Å². The summed E-state index contributed by atoms with van der Waals surface area (Å²) in [5, 5.41) is 2.95. The van der Waals surface area contributed by atoms with Gasteiger partial charge in [-0.2, -0.15) is 0 Å². The highest BCUT2D eigenvalue weighted by Crippen LogP contribution is 2.29. The van der Waals surface area contributed by atoms with Crippen molar-refractivity contribution in [1.29, 1.82) is 0 Å². The van der Waals surface area contributed by atoms with E-state index in [9.17, 15) is 17.6 Å². The molecule has 2 unspecified atom stereocenters. The molecule has 0 bridgehead atoms. The Bertz CT molecular complexity index is 731. The van der Waals surface area contributed by atoms with E-state index in [0.717, 1.165) is 24.8 Å². The Morgan fingerprint density at radius 3 is 2.65 bits per heavy atom. The second kappa shape index (κ2) is 8.98. The normalized spacial score (nSPS) is 20.3. The molecule has 1 saturated heterocycles. The van der Waals surface area contributed by atoms with Gasteiger partial charge in [0.15, 0.2) is 9.84 Å². The molecule has 146 valence electrons. The van der Waals surface area contributed by atoms with Gasteiger partial charge in [-0.15, -0.1) is 0 Å². The van der Waals surface area contributed by atoms with Crippen molar-refractivity contribution < 1.29 is 17.6 Å². The van der Waals surface area contributed by atoms with Crippen LogP contribution >= 0.6 is 0 Å². The number of carbonyl (C=O) groups excluding carboxylic acids is 1. The van der Waals surface area contributed by atoms with Crippen molar-refractivity contribution in [3.05, 3.63) is 35.1 Å². The van der Waals surface area contributed by atoms with Crippen molar-refractivity contribution in [1.82, 2.24) is 5.32 Å². The van der Waals surface area contributed by atoms with Crippen molar-refractivity contribution >= 4 is 15.7 Å². The average molecular weight is 384 g/mol. The summed E-state index contributed by atoms with van der Waals surface area (Å²) in [6, 6.07) is 5.06. The van der Waals surface area contributed by atoms with Crippen LogP contribution in [0.4, 0.5) is 4.39 Å². The molecule has 1 aromatic carbocycles. The number of amides is 1. The minimum absolute atomic E-state index is 0.00952. The molecule has 1 aliphatic rings. The number of nitrogens with one attached hydrogen (secondary N) is 1. The van der Waals surface area contributed by atoms with E-state index >= 15 is 0 Å². The Kier molecular flexibility index (Phi) is 7.21. The Morgan fingerprint density at radius 2 is 2.08 bits per heavy atom. The molecular weight excluding hydrogens is 353 g/mol. The summed E-state index contributed by atoms with van der Waals surface area (Å²) in [4.78, 5) is 12.3. The predicted molar refractivity (Wildman–Crippen MR) is 102 cm³/mol. The maximum absolute atomic E-state index is 13.5. The summed E-state index contributed by atoms with van der Waals surface area (Å²) in [7, 11) is -2.83. The number of rotatable bonds is 8. The summed E-state index contributed by atoms with van der Waals surface area (Å²) in [5.41, 5.74) is 1.59. The number of halogens is 1. The number of benzene rings is 1. The molecule has 6 heteroatoms. The smallest absolute Gasteiger partial charge is 0.220 e. The second-order valence-corrected chi connectivity index (χ2v) is 10.1. The van der Waals surface area contributed by atoms with E-state index in [-0.39, 0.29) is 29.5 Å². The first-order valence-electron chi connectivity index (χ1n) is 9.41. The van der Waals surface area contributed by atoms with Crippen molar-refractivity contribution in [2.75, 3.05) is 18.1 Å². The van der Waals surface area contributed by atoms with E-state index < -0.39 is 9.84 Å². The van der Waals surface area contributed by atoms with E-state index in [2.05, 4.69) is 19.2 Å². The van der Waals surface area contributed by atoms with E-state index in [4.69, 9.17) is 0 Å². The first kappa shape index (κ1) is 20.9. The van der Waals surface area contributed by atoms with Crippen LogP contribution in [0.3, 0.4) is 0 Å². The summed E-state index contributed by atoms with van der Waals surface area (Å²) >= 11 is 0. The number of aryl methyl sites for hydroxylation is 1. The maximum atomic E-state index is 13.5. The van der Waals surface area contributed by atoms with Gasteiger partial charge in [0.05, 0.1) is 11.5 Å². The van der Waals surface area contributed by atoms with Gasteiger partial charge in [0.1, 0.15) is 5.82 Å². The number of carbonyl (C=O) groups is 1. The van der Waals surface area contributed by atoms with E-state index in [0.29, 0.717) is 30.0 Å². The second-order valence-electron chi connectivity index (χ2n) is 7.82. The van der Waals surface area contributed by atoms with Crippen LogP contribution in [0.5, 0.6) is 0 Å². The molecule has 0 aliphatic carbocycles. The van der Waals surface area contributed by atoms with Gasteiger partial charge in [0, 0.05) is 13.0 Å². The summed E-state index contributed by atoms with van der Waals surface area (Å²) in [6.07, 6.45) is 2.76. The molecule has 0 radical (unpaired) electrons. The van der Waals surface area contributed by atoms with Crippen molar-refractivity contribution in [3.8, 4) is 0 Å². The topological polar surface area (TPSA) is 63.2 Å². The lowest BCUT2D eigenvalue weighted by Gasteiger charge is -2.21. The zero-order chi connectivity index (χ0) is 19.3. The molecule has 1 N–H and O–H groups in total. The standard InChI is InChI=1S/C20H30FNO3S/c1-14(2)18(17-6-7-19(21)15(3)11-17)12-20(23)22-9-4-5-16-8-10-26(24,25)13-16/h6-7,11,14,16,18H,4-5,8-10,12-13H2,1-3H3,(H,22,23). The molecule has 1 amide bonds. The van der Waals surface area contributed by atoms with Crippen LogP contribution in [0.25, 0.3) is 0 Å². The lowest BCUT2D eigenvalue weighted by atomic mass is 9.85. The molecule has 4 nitrogen and oxygen atoms in total. The van der Waals surface area contributed by atoms with E-state index in [1.54, 1.807) is 13.0 Å². The van der Waals surface area contributed by atoms with E-state index in [1.807, 2.05) is 6.07 Å². The first-order chi connectivity index (χ1) is 12.2. The average Bonchev–Trinajstić information content (AvgIpc) is 2.91. The molecular formula is C20H30FNO3S. The fraction of sp³-hybridized carbons (Fsp3) is 0.650. The van der Waals surface area contributed by atoms with Gasteiger partial charge in [-0.05, 0) is 61.1 Å². The fourth-order valence-corrected chi connectivity index (χ4v) is 5.54. The zero-order valence-corrected chi connectivity index (χ0v) is 16.7. The van der Waals surface area contributed by atoms with Gasteiger partial charge in [0.2, 0.25) is 5.91 Å². The minimum Gasteiger partial charge on any atom is -0.356 e. The third-order valence-electron chi connectivity index (χ3n) is 5.26.